The Bertz CT molecular complexity index is 992. The van der Waals surface area contributed by atoms with E-state index in [0.29, 0.717) is 11.5 Å². The maximum Gasteiger partial charge on any atom is 0.255 e. The van der Waals surface area contributed by atoms with Crippen LogP contribution >= 0.6 is 0 Å². The van der Waals surface area contributed by atoms with Crippen molar-refractivity contribution in [2.75, 3.05) is 10.6 Å². The van der Waals surface area contributed by atoms with E-state index in [0.717, 1.165) is 22.5 Å². The Labute approximate surface area is 150 Å². The molecule has 7 nitrogen and oxygen atoms in total. The zero-order valence-electron chi connectivity index (χ0n) is 14.5. The number of aryl methyl sites for hydroxylation is 1. The fourth-order valence-electron chi connectivity index (χ4n) is 3.14. The molecule has 1 aliphatic rings. The predicted octanol–water partition coefficient (Wildman–Crippen LogP) is 2.91. The molecule has 26 heavy (non-hydrogen) atoms. The summed E-state index contributed by atoms with van der Waals surface area (Å²) in [6, 6.07) is 11.1. The van der Waals surface area contributed by atoms with E-state index in [4.69, 9.17) is 0 Å². The SMILES string of the molecule is CC1=C(C(=O)Nc2ccccc2C)[C@@H](c2ccncc2)n2ncnc2N1. The molecule has 7 heteroatoms. The van der Waals surface area contributed by atoms with Gasteiger partial charge >= 0.3 is 0 Å². The third-order valence-corrected chi connectivity index (χ3v) is 4.45. The summed E-state index contributed by atoms with van der Waals surface area (Å²) in [5, 5.41) is 10.5. The number of allylic oxidation sites excluding steroid dienone is 1. The van der Waals surface area contributed by atoms with Crippen LogP contribution in [-0.2, 0) is 4.79 Å². The molecule has 0 unspecified atom stereocenters. The van der Waals surface area contributed by atoms with Gasteiger partial charge in [0.05, 0.1) is 5.57 Å². The van der Waals surface area contributed by atoms with Crippen LogP contribution in [0.25, 0.3) is 0 Å². The number of aromatic nitrogens is 4. The van der Waals surface area contributed by atoms with Crippen molar-refractivity contribution in [3.05, 3.63) is 77.5 Å². The maximum absolute atomic E-state index is 13.2. The van der Waals surface area contributed by atoms with Crippen molar-refractivity contribution in [1.82, 2.24) is 19.7 Å². The van der Waals surface area contributed by atoms with E-state index in [9.17, 15) is 4.79 Å². The number of hydrogen-bond acceptors (Lipinski definition) is 5. The van der Waals surface area contributed by atoms with E-state index in [2.05, 4.69) is 25.7 Å². The van der Waals surface area contributed by atoms with Gasteiger partial charge in [-0.05, 0) is 43.2 Å². The molecule has 0 bridgehead atoms. The highest BCUT2D eigenvalue weighted by Gasteiger charge is 2.33. The first-order chi connectivity index (χ1) is 12.6. The van der Waals surface area contributed by atoms with Gasteiger partial charge in [0.2, 0.25) is 5.95 Å². The molecule has 3 heterocycles. The Morgan fingerprint density at radius 3 is 2.69 bits per heavy atom. The van der Waals surface area contributed by atoms with Gasteiger partial charge in [0.25, 0.3) is 5.91 Å². The monoisotopic (exact) mass is 346 g/mol. The summed E-state index contributed by atoms with van der Waals surface area (Å²) in [6.45, 7) is 3.84. The minimum Gasteiger partial charge on any atom is -0.328 e. The molecular weight excluding hydrogens is 328 g/mol. The van der Waals surface area contributed by atoms with Crippen LogP contribution in [0.1, 0.15) is 24.1 Å². The van der Waals surface area contributed by atoms with Crippen LogP contribution in [-0.4, -0.2) is 25.7 Å². The van der Waals surface area contributed by atoms with E-state index < -0.39 is 0 Å². The van der Waals surface area contributed by atoms with Gasteiger partial charge in [-0.2, -0.15) is 10.1 Å². The number of carbonyl (C=O) groups is 1. The Hall–Kier alpha value is -3.48. The Balaban J connectivity index is 1.77. The van der Waals surface area contributed by atoms with Gasteiger partial charge in [-0.25, -0.2) is 4.68 Å². The quantitative estimate of drug-likeness (QED) is 0.762. The van der Waals surface area contributed by atoms with Crippen molar-refractivity contribution in [1.29, 1.82) is 0 Å². The Morgan fingerprint density at radius 1 is 1.15 bits per heavy atom. The Kier molecular flexibility index (Phi) is 3.96. The topological polar surface area (TPSA) is 84.7 Å². The van der Waals surface area contributed by atoms with Crippen LogP contribution in [0, 0.1) is 6.92 Å². The summed E-state index contributed by atoms with van der Waals surface area (Å²) in [5.41, 5.74) is 4.05. The lowest BCUT2D eigenvalue weighted by Crippen LogP contribution is -2.31. The average molecular weight is 346 g/mol. The molecule has 2 N–H and O–H groups in total. The van der Waals surface area contributed by atoms with Crippen LogP contribution in [0.2, 0.25) is 0 Å². The second kappa shape index (κ2) is 6.44. The summed E-state index contributed by atoms with van der Waals surface area (Å²) in [7, 11) is 0. The van der Waals surface area contributed by atoms with Crippen LogP contribution in [0.4, 0.5) is 11.6 Å². The van der Waals surface area contributed by atoms with Crippen molar-refractivity contribution in [2.24, 2.45) is 0 Å². The average Bonchev–Trinajstić information content (AvgIpc) is 3.11. The van der Waals surface area contributed by atoms with Crippen molar-refractivity contribution in [2.45, 2.75) is 19.9 Å². The van der Waals surface area contributed by atoms with Crippen molar-refractivity contribution >= 4 is 17.5 Å². The summed E-state index contributed by atoms with van der Waals surface area (Å²) in [6.07, 6.45) is 4.90. The highest BCUT2D eigenvalue weighted by Crippen LogP contribution is 2.34. The number of anilines is 2. The van der Waals surface area contributed by atoms with Crippen molar-refractivity contribution < 1.29 is 4.79 Å². The standard InChI is InChI=1S/C19H18N6O/c1-12-5-3-4-6-15(12)24-18(26)16-13(2)23-19-21-11-22-25(19)17(16)14-7-9-20-10-8-14/h3-11,17H,1-2H3,(H,24,26)(H,21,22,23)/t17-/m1/s1. The number of hydrogen-bond donors (Lipinski definition) is 2. The highest BCUT2D eigenvalue weighted by molar-refractivity contribution is 6.06. The van der Waals surface area contributed by atoms with Gasteiger partial charge in [-0.3, -0.25) is 9.78 Å². The highest BCUT2D eigenvalue weighted by atomic mass is 16.1. The van der Waals surface area contributed by atoms with Crippen LogP contribution in [0.5, 0.6) is 0 Å². The van der Waals surface area contributed by atoms with Crippen LogP contribution < -0.4 is 10.6 Å². The number of nitrogens with zero attached hydrogens (tertiary/aromatic N) is 4. The predicted molar refractivity (Wildman–Crippen MR) is 98.5 cm³/mol. The molecule has 3 aromatic rings. The summed E-state index contributed by atoms with van der Waals surface area (Å²) >= 11 is 0. The molecule has 1 amide bonds. The molecule has 1 aromatic carbocycles. The van der Waals surface area contributed by atoms with E-state index >= 15 is 0 Å². The summed E-state index contributed by atoms with van der Waals surface area (Å²) in [4.78, 5) is 21.5. The van der Waals surface area contributed by atoms with E-state index in [-0.39, 0.29) is 11.9 Å². The van der Waals surface area contributed by atoms with E-state index in [1.807, 2.05) is 50.2 Å². The second-order valence-corrected chi connectivity index (χ2v) is 6.14. The summed E-state index contributed by atoms with van der Waals surface area (Å²) in [5.74, 6) is 0.434. The fourth-order valence-corrected chi connectivity index (χ4v) is 3.14. The number of pyridine rings is 1. The Morgan fingerprint density at radius 2 is 1.92 bits per heavy atom. The first-order valence-corrected chi connectivity index (χ1v) is 8.29. The lowest BCUT2D eigenvalue weighted by Gasteiger charge is -2.28. The second-order valence-electron chi connectivity index (χ2n) is 6.14. The largest absolute Gasteiger partial charge is 0.328 e. The molecule has 0 radical (unpaired) electrons. The number of carbonyl (C=O) groups excluding carboxylic acids is 1. The van der Waals surface area contributed by atoms with Crippen LogP contribution in [0.3, 0.4) is 0 Å². The van der Waals surface area contributed by atoms with Gasteiger partial charge in [0, 0.05) is 23.8 Å². The number of nitrogens with one attached hydrogen (secondary N) is 2. The third-order valence-electron chi connectivity index (χ3n) is 4.45. The molecule has 0 saturated heterocycles. The molecule has 0 aliphatic carbocycles. The third kappa shape index (κ3) is 2.73. The number of amides is 1. The smallest absolute Gasteiger partial charge is 0.255 e. The van der Waals surface area contributed by atoms with Crippen molar-refractivity contribution in [3.8, 4) is 0 Å². The van der Waals surface area contributed by atoms with Crippen LogP contribution in [0.15, 0.2) is 66.4 Å². The van der Waals surface area contributed by atoms with Gasteiger partial charge in [-0.15, -0.1) is 0 Å². The minimum absolute atomic E-state index is 0.174. The normalized spacial score (nSPS) is 16.0. The molecule has 1 atom stereocenters. The lowest BCUT2D eigenvalue weighted by atomic mass is 9.95. The minimum atomic E-state index is -0.374. The van der Waals surface area contributed by atoms with Crippen molar-refractivity contribution in [3.63, 3.8) is 0 Å². The molecule has 1 aliphatic heterocycles. The number of fused-ring (bicyclic) bond motifs is 1. The van der Waals surface area contributed by atoms with E-state index in [1.54, 1.807) is 17.1 Å². The lowest BCUT2D eigenvalue weighted by molar-refractivity contribution is -0.113. The maximum atomic E-state index is 13.2. The first-order valence-electron chi connectivity index (χ1n) is 8.29. The molecule has 0 fully saturated rings. The van der Waals surface area contributed by atoms with Gasteiger partial charge in [0.1, 0.15) is 12.4 Å². The van der Waals surface area contributed by atoms with E-state index in [1.165, 1.54) is 6.33 Å². The number of para-hydroxylation sites is 1. The molecule has 4 rings (SSSR count). The number of rotatable bonds is 3. The molecule has 0 saturated carbocycles. The van der Waals surface area contributed by atoms with Gasteiger partial charge in [0.15, 0.2) is 0 Å². The summed E-state index contributed by atoms with van der Waals surface area (Å²) < 4.78 is 1.72. The zero-order valence-corrected chi connectivity index (χ0v) is 14.5. The number of benzene rings is 1. The van der Waals surface area contributed by atoms with Gasteiger partial charge < -0.3 is 10.6 Å². The first kappa shape index (κ1) is 16.0. The molecule has 0 spiro atoms. The zero-order chi connectivity index (χ0) is 18.1. The van der Waals surface area contributed by atoms with Gasteiger partial charge in [-0.1, -0.05) is 18.2 Å². The molecule has 130 valence electrons. The molecule has 2 aromatic heterocycles. The fraction of sp³-hybridized carbons (Fsp3) is 0.158. The molecular formula is C19H18N6O.